The van der Waals surface area contributed by atoms with Gasteiger partial charge in [0.25, 0.3) is 0 Å². The molecule has 5 rings (SSSR count). The third-order valence-corrected chi connectivity index (χ3v) is 4.65. The Kier molecular flexibility index (Phi) is 7.51. The van der Waals surface area contributed by atoms with Gasteiger partial charge >= 0.3 is 0 Å². The normalized spacial score (nSPS) is 10.2. The molecule has 5 nitrogen and oxygen atoms in total. The van der Waals surface area contributed by atoms with Gasteiger partial charge in [0.1, 0.15) is 5.95 Å². The first kappa shape index (κ1) is 23.3. The van der Waals surface area contributed by atoms with Crippen molar-refractivity contribution in [2.75, 3.05) is 0 Å². The van der Waals surface area contributed by atoms with Gasteiger partial charge in [-0.2, -0.15) is 6.07 Å². The standard InChI is InChI=1S/C14H12N3.C10H7F2N2.Ir/c1-16-11-9-15-14(16)17-10-5-8-13(17)12-6-3-2-4-7-12;1-14-5-4-13-10(14)8-3-2-7(11)6-9(8)12;/h2-9,11H,1H3;2,4-6H,1H3;/q2*-1;. The molecule has 0 spiro atoms. The first-order valence-electron chi connectivity index (χ1n) is 9.51. The van der Waals surface area contributed by atoms with E-state index in [4.69, 9.17) is 0 Å². The first-order valence-corrected chi connectivity index (χ1v) is 9.51. The maximum absolute atomic E-state index is 13.3. The predicted octanol–water partition coefficient (Wildman–Crippen LogP) is 4.84. The van der Waals surface area contributed by atoms with E-state index in [1.165, 1.54) is 0 Å². The minimum atomic E-state index is -0.653. The monoisotopic (exact) mass is 608 g/mol. The van der Waals surface area contributed by atoms with E-state index in [1.54, 1.807) is 30.2 Å². The molecule has 5 aromatic rings. The molecule has 0 unspecified atom stereocenters. The summed E-state index contributed by atoms with van der Waals surface area (Å²) in [6, 6.07) is 18.6. The van der Waals surface area contributed by atoms with Gasteiger partial charge in [-0.25, -0.2) is 0 Å². The molecular formula is C24H19F2IrN5-2. The van der Waals surface area contributed by atoms with Crippen LogP contribution in [0.2, 0.25) is 0 Å². The summed E-state index contributed by atoms with van der Waals surface area (Å²) < 4.78 is 31.4. The van der Waals surface area contributed by atoms with Crippen LogP contribution in [0.1, 0.15) is 0 Å². The molecule has 0 fully saturated rings. The minimum Gasteiger partial charge on any atom is -0.414 e. The number of hydrogen-bond acceptors (Lipinski definition) is 2. The van der Waals surface area contributed by atoms with Crippen LogP contribution in [0.5, 0.6) is 0 Å². The Labute approximate surface area is 198 Å². The summed E-state index contributed by atoms with van der Waals surface area (Å²) in [5.74, 6) is 0.0103. The summed E-state index contributed by atoms with van der Waals surface area (Å²) >= 11 is 0. The molecule has 0 aliphatic rings. The number of hydrogen-bond donors (Lipinski definition) is 0. The van der Waals surface area contributed by atoms with Crippen LogP contribution in [0.4, 0.5) is 8.78 Å². The molecule has 32 heavy (non-hydrogen) atoms. The summed E-state index contributed by atoms with van der Waals surface area (Å²) in [7, 11) is 3.71. The van der Waals surface area contributed by atoms with Gasteiger partial charge in [-0.15, -0.1) is 18.2 Å². The quantitative estimate of drug-likeness (QED) is 0.276. The van der Waals surface area contributed by atoms with E-state index in [-0.39, 0.29) is 25.7 Å². The Bertz CT molecular complexity index is 1290. The third-order valence-electron chi connectivity index (χ3n) is 4.65. The van der Waals surface area contributed by atoms with Crippen LogP contribution in [-0.4, -0.2) is 23.7 Å². The average Bonchev–Trinajstić information content (AvgIpc) is 3.50. The van der Waals surface area contributed by atoms with Crippen LogP contribution >= 0.6 is 0 Å². The zero-order chi connectivity index (χ0) is 21.8. The molecule has 0 aliphatic heterocycles. The third kappa shape index (κ3) is 4.93. The smallest absolute Gasteiger partial charge is 0.129 e. The Morgan fingerprint density at radius 1 is 0.906 bits per heavy atom. The van der Waals surface area contributed by atoms with Crippen molar-refractivity contribution in [3.05, 3.63) is 103 Å². The average molecular weight is 608 g/mol. The van der Waals surface area contributed by atoms with Gasteiger partial charge in [-0.1, -0.05) is 59.4 Å². The molecule has 0 saturated carbocycles. The van der Waals surface area contributed by atoms with Gasteiger partial charge in [0.15, 0.2) is 0 Å². The maximum atomic E-state index is 13.3. The Hall–Kier alpha value is -3.35. The van der Waals surface area contributed by atoms with Crippen LogP contribution in [0.25, 0.3) is 28.6 Å². The van der Waals surface area contributed by atoms with Crippen molar-refractivity contribution in [3.63, 3.8) is 0 Å². The number of benzene rings is 2. The van der Waals surface area contributed by atoms with Crippen LogP contribution in [0.15, 0.2) is 79.4 Å². The van der Waals surface area contributed by atoms with Crippen molar-refractivity contribution < 1.29 is 28.9 Å². The summed E-state index contributed by atoms with van der Waals surface area (Å²) in [5.41, 5.74) is 2.44. The number of aromatic nitrogens is 5. The zero-order valence-electron chi connectivity index (χ0n) is 17.3. The number of halogens is 2. The molecule has 0 atom stereocenters. The molecule has 3 heterocycles. The summed E-state index contributed by atoms with van der Waals surface area (Å²) in [6.07, 6.45) is 10.1. The van der Waals surface area contributed by atoms with Crippen molar-refractivity contribution >= 4 is 0 Å². The number of imidazole rings is 2. The van der Waals surface area contributed by atoms with Crippen molar-refractivity contribution in [1.29, 1.82) is 0 Å². The predicted molar refractivity (Wildman–Crippen MR) is 114 cm³/mol. The molecule has 165 valence electrons. The minimum absolute atomic E-state index is 0. The number of rotatable bonds is 3. The molecule has 0 saturated heterocycles. The van der Waals surface area contributed by atoms with Crippen molar-refractivity contribution in [3.8, 4) is 28.6 Å². The fourth-order valence-corrected chi connectivity index (χ4v) is 3.13. The first-order chi connectivity index (χ1) is 15.0. The Morgan fingerprint density at radius 3 is 2.25 bits per heavy atom. The molecule has 0 N–H and O–H groups in total. The van der Waals surface area contributed by atoms with Gasteiger partial charge in [0.2, 0.25) is 0 Å². The molecule has 0 amide bonds. The SMILES string of the molecule is Cn1ccnc1-c1[c-]cc(F)cc1F.Cn1ccnc1-n1[c-]ccc1-c1ccccc1.[Ir]. The zero-order valence-corrected chi connectivity index (χ0v) is 19.7. The molecule has 0 bridgehead atoms. The summed E-state index contributed by atoms with van der Waals surface area (Å²) in [6.45, 7) is 0. The second kappa shape index (κ2) is 10.3. The van der Waals surface area contributed by atoms with E-state index in [0.717, 1.165) is 29.3 Å². The van der Waals surface area contributed by atoms with Crippen molar-refractivity contribution in [2.24, 2.45) is 14.1 Å². The van der Waals surface area contributed by atoms with E-state index in [2.05, 4.69) is 34.4 Å². The summed E-state index contributed by atoms with van der Waals surface area (Å²) in [4.78, 5) is 8.28. The number of aryl methyl sites for hydroxylation is 2. The topological polar surface area (TPSA) is 40.6 Å². The Morgan fingerprint density at radius 2 is 1.62 bits per heavy atom. The van der Waals surface area contributed by atoms with Crippen LogP contribution in [0.3, 0.4) is 0 Å². The molecule has 3 aromatic heterocycles. The van der Waals surface area contributed by atoms with Gasteiger partial charge in [-0.05, 0) is 0 Å². The van der Waals surface area contributed by atoms with E-state index in [9.17, 15) is 8.78 Å². The summed E-state index contributed by atoms with van der Waals surface area (Å²) in [5, 5.41) is 0. The van der Waals surface area contributed by atoms with Crippen molar-refractivity contribution in [1.82, 2.24) is 23.7 Å². The molecule has 0 aliphatic carbocycles. The fourth-order valence-electron chi connectivity index (χ4n) is 3.13. The van der Waals surface area contributed by atoms with Gasteiger partial charge in [0, 0.05) is 70.6 Å². The van der Waals surface area contributed by atoms with E-state index in [1.807, 2.05) is 52.7 Å². The molecule has 1 radical (unpaired) electrons. The molecule has 2 aromatic carbocycles. The van der Waals surface area contributed by atoms with Crippen LogP contribution in [-0.2, 0) is 34.2 Å². The van der Waals surface area contributed by atoms with E-state index >= 15 is 0 Å². The second-order valence-corrected chi connectivity index (χ2v) is 6.79. The maximum Gasteiger partial charge on any atom is 0.129 e. The number of nitrogens with zero attached hydrogens (tertiary/aromatic N) is 5. The van der Waals surface area contributed by atoms with Gasteiger partial charge < -0.3 is 13.7 Å². The van der Waals surface area contributed by atoms with E-state index in [0.29, 0.717) is 5.82 Å². The molecule has 8 heteroatoms. The van der Waals surface area contributed by atoms with Crippen molar-refractivity contribution in [2.45, 2.75) is 0 Å². The largest absolute Gasteiger partial charge is 0.414 e. The van der Waals surface area contributed by atoms with E-state index < -0.39 is 11.6 Å². The van der Waals surface area contributed by atoms with Gasteiger partial charge in [-0.3, -0.25) is 18.7 Å². The Balaban J connectivity index is 0.000000178. The second-order valence-electron chi connectivity index (χ2n) is 6.79. The van der Waals surface area contributed by atoms with Crippen LogP contribution < -0.4 is 0 Å². The molecular weight excluding hydrogens is 589 g/mol. The fraction of sp³-hybridized carbons (Fsp3) is 0.0833. The van der Waals surface area contributed by atoms with Crippen LogP contribution in [0, 0.1) is 23.9 Å². The van der Waals surface area contributed by atoms with Gasteiger partial charge in [0.05, 0.1) is 5.82 Å².